The lowest BCUT2D eigenvalue weighted by molar-refractivity contribution is -0.121. The Labute approximate surface area is 159 Å². The first-order chi connectivity index (χ1) is 12.9. The average molecular weight is 367 g/mol. The molecule has 0 saturated carbocycles. The maximum atomic E-state index is 12.5. The second-order valence-corrected chi connectivity index (χ2v) is 6.99. The van der Waals surface area contributed by atoms with Crippen molar-refractivity contribution in [1.29, 1.82) is 0 Å². The molecule has 0 saturated heterocycles. The van der Waals surface area contributed by atoms with E-state index in [1.165, 1.54) is 0 Å². The minimum atomic E-state index is -0.183. The first-order valence-corrected chi connectivity index (χ1v) is 9.04. The molecule has 2 aromatic rings. The van der Waals surface area contributed by atoms with Crippen molar-refractivity contribution < 1.29 is 14.3 Å². The molecule has 0 atom stereocenters. The molecular weight excluding hydrogens is 342 g/mol. The van der Waals surface area contributed by atoms with Crippen molar-refractivity contribution in [2.45, 2.75) is 13.3 Å². The highest BCUT2D eigenvalue weighted by Gasteiger charge is 2.25. The van der Waals surface area contributed by atoms with E-state index in [4.69, 9.17) is 4.74 Å². The fourth-order valence-electron chi connectivity index (χ4n) is 2.98. The SMILES string of the molecule is Cc1ccc(C(=O)Nc2ccc3c(c2)N(CCCN(C)C)C(=O)CO3)cc1. The van der Waals surface area contributed by atoms with Crippen molar-refractivity contribution in [2.75, 3.05) is 44.0 Å². The van der Waals surface area contributed by atoms with Crippen LogP contribution in [0.3, 0.4) is 0 Å². The molecule has 2 aromatic carbocycles. The second kappa shape index (κ2) is 8.22. The number of aryl methyl sites for hydroxylation is 1. The predicted molar refractivity (Wildman–Crippen MR) is 107 cm³/mol. The monoisotopic (exact) mass is 367 g/mol. The number of ether oxygens (including phenoxy) is 1. The second-order valence-electron chi connectivity index (χ2n) is 6.99. The summed E-state index contributed by atoms with van der Waals surface area (Å²) >= 11 is 0. The van der Waals surface area contributed by atoms with Crippen LogP contribution in [0.5, 0.6) is 5.75 Å². The normalized spacial score (nSPS) is 13.3. The van der Waals surface area contributed by atoms with E-state index in [0.717, 1.165) is 18.5 Å². The van der Waals surface area contributed by atoms with Gasteiger partial charge in [-0.1, -0.05) is 17.7 Å². The van der Waals surface area contributed by atoms with Crippen LogP contribution in [0.2, 0.25) is 0 Å². The topological polar surface area (TPSA) is 61.9 Å². The van der Waals surface area contributed by atoms with Crippen LogP contribution in [0, 0.1) is 6.92 Å². The smallest absolute Gasteiger partial charge is 0.265 e. The zero-order valence-corrected chi connectivity index (χ0v) is 16.0. The Morgan fingerprint density at radius 2 is 1.93 bits per heavy atom. The van der Waals surface area contributed by atoms with Crippen LogP contribution in [-0.2, 0) is 4.79 Å². The summed E-state index contributed by atoms with van der Waals surface area (Å²) in [4.78, 5) is 28.6. The Balaban J connectivity index is 1.77. The van der Waals surface area contributed by atoms with Crippen LogP contribution in [0.4, 0.5) is 11.4 Å². The molecule has 0 fully saturated rings. The first kappa shape index (κ1) is 18.9. The van der Waals surface area contributed by atoms with Crippen molar-refractivity contribution in [3.63, 3.8) is 0 Å². The summed E-state index contributed by atoms with van der Waals surface area (Å²) in [6.07, 6.45) is 0.859. The Kier molecular flexibility index (Phi) is 5.76. The zero-order valence-electron chi connectivity index (χ0n) is 16.0. The van der Waals surface area contributed by atoms with E-state index in [1.54, 1.807) is 35.2 Å². The molecule has 0 bridgehead atoms. The van der Waals surface area contributed by atoms with E-state index in [-0.39, 0.29) is 18.4 Å². The van der Waals surface area contributed by atoms with Crippen molar-refractivity contribution in [2.24, 2.45) is 0 Å². The van der Waals surface area contributed by atoms with Crippen LogP contribution in [-0.4, -0.2) is 50.5 Å². The molecule has 3 rings (SSSR count). The maximum absolute atomic E-state index is 12.5. The van der Waals surface area contributed by atoms with Crippen molar-refractivity contribution in [3.8, 4) is 5.75 Å². The van der Waals surface area contributed by atoms with Gasteiger partial charge in [-0.05, 0) is 64.3 Å². The fourth-order valence-corrected chi connectivity index (χ4v) is 2.98. The number of rotatable bonds is 6. The van der Waals surface area contributed by atoms with Crippen LogP contribution in [0.1, 0.15) is 22.3 Å². The number of amides is 2. The molecule has 0 radical (unpaired) electrons. The van der Waals surface area contributed by atoms with Gasteiger partial charge in [-0.15, -0.1) is 0 Å². The van der Waals surface area contributed by atoms with Crippen LogP contribution in [0.15, 0.2) is 42.5 Å². The summed E-state index contributed by atoms with van der Waals surface area (Å²) in [7, 11) is 4.02. The Bertz CT molecular complexity index is 831. The number of hydrogen-bond acceptors (Lipinski definition) is 4. The zero-order chi connectivity index (χ0) is 19.4. The quantitative estimate of drug-likeness (QED) is 0.853. The number of anilines is 2. The summed E-state index contributed by atoms with van der Waals surface area (Å²) < 4.78 is 5.54. The van der Waals surface area contributed by atoms with E-state index in [2.05, 4.69) is 10.2 Å². The van der Waals surface area contributed by atoms with Gasteiger partial charge in [-0.25, -0.2) is 0 Å². The lowest BCUT2D eigenvalue weighted by Crippen LogP contribution is -2.40. The highest BCUT2D eigenvalue weighted by molar-refractivity contribution is 6.05. The Morgan fingerprint density at radius 3 is 2.63 bits per heavy atom. The van der Waals surface area contributed by atoms with Gasteiger partial charge in [-0.3, -0.25) is 9.59 Å². The molecule has 2 amide bonds. The van der Waals surface area contributed by atoms with E-state index in [1.807, 2.05) is 33.2 Å². The highest BCUT2D eigenvalue weighted by Crippen LogP contribution is 2.34. The summed E-state index contributed by atoms with van der Waals surface area (Å²) in [6.45, 7) is 3.53. The third-order valence-electron chi connectivity index (χ3n) is 4.46. The van der Waals surface area contributed by atoms with Gasteiger partial charge >= 0.3 is 0 Å². The maximum Gasteiger partial charge on any atom is 0.265 e. The van der Waals surface area contributed by atoms with Gasteiger partial charge < -0.3 is 19.9 Å². The largest absolute Gasteiger partial charge is 0.482 e. The molecule has 6 heteroatoms. The van der Waals surface area contributed by atoms with Gasteiger partial charge in [0.05, 0.1) is 5.69 Å². The third kappa shape index (κ3) is 4.65. The minimum Gasteiger partial charge on any atom is -0.482 e. The summed E-state index contributed by atoms with van der Waals surface area (Å²) in [5, 5.41) is 2.90. The van der Waals surface area contributed by atoms with Crippen LogP contribution >= 0.6 is 0 Å². The molecule has 142 valence electrons. The number of carbonyl (C=O) groups excluding carboxylic acids is 2. The van der Waals surface area contributed by atoms with E-state index in [9.17, 15) is 9.59 Å². The van der Waals surface area contributed by atoms with Gasteiger partial charge in [0, 0.05) is 17.8 Å². The minimum absolute atomic E-state index is 0.0457. The molecule has 27 heavy (non-hydrogen) atoms. The van der Waals surface area contributed by atoms with Gasteiger partial charge in [0.15, 0.2) is 6.61 Å². The molecule has 6 nitrogen and oxygen atoms in total. The van der Waals surface area contributed by atoms with E-state index < -0.39 is 0 Å². The lowest BCUT2D eigenvalue weighted by Gasteiger charge is -2.30. The first-order valence-electron chi connectivity index (χ1n) is 9.04. The van der Waals surface area contributed by atoms with Crippen molar-refractivity contribution in [1.82, 2.24) is 4.90 Å². The molecule has 1 N–H and O–H groups in total. The fraction of sp³-hybridized carbons (Fsp3) is 0.333. The van der Waals surface area contributed by atoms with Gasteiger partial charge in [0.1, 0.15) is 5.75 Å². The van der Waals surface area contributed by atoms with Crippen LogP contribution < -0.4 is 15.0 Å². The number of nitrogens with zero attached hydrogens (tertiary/aromatic N) is 2. The molecule has 0 spiro atoms. The van der Waals surface area contributed by atoms with Crippen molar-refractivity contribution in [3.05, 3.63) is 53.6 Å². The number of fused-ring (bicyclic) bond motifs is 1. The number of carbonyl (C=O) groups is 2. The molecule has 0 aromatic heterocycles. The Hall–Kier alpha value is -2.86. The molecule has 1 heterocycles. The number of benzene rings is 2. The summed E-state index contributed by atoms with van der Waals surface area (Å²) in [5.41, 5.74) is 3.03. The summed E-state index contributed by atoms with van der Waals surface area (Å²) in [6, 6.07) is 12.8. The highest BCUT2D eigenvalue weighted by atomic mass is 16.5. The van der Waals surface area contributed by atoms with Gasteiger partial charge in [0.25, 0.3) is 11.8 Å². The number of hydrogen-bond donors (Lipinski definition) is 1. The van der Waals surface area contributed by atoms with Crippen molar-refractivity contribution >= 4 is 23.2 Å². The van der Waals surface area contributed by atoms with Gasteiger partial charge in [0.2, 0.25) is 0 Å². The van der Waals surface area contributed by atoms with Crippen LogP contribution in [0.25, 0.3) is 0 Å². The Morgan fingerprint density at radius 1 is 1.19 bits per heavy atom. The molecule has 1 aliphatic heterocycles. The molecule has 0 aliphatic carbocycles. The molecular formula is C21H25N3O3. The lowest BCUT2D eigenvalue weighted by atomic mass is 10.1. The molecule has 0 unspecified atom stereocenters. The van der Waals surface area contributed by atoms with E-state index >= 15 is 0 Å². The molecule has 1 aliphatic rings. The van der Waals surface area contributed by atoms with Gasteiger partial charge in [-0.2, -0.15) is 0 Å². The third-order valence-corrected chi connectivity index (χ3v) is 4.46. The predicted octanol–water partition coefficient (Wildman–Crippen LogP) is 2.92. The standard InChI is InChI=1S/C21H25N3O3/c1-15-5-7-16(8-6-15)21(26)22-17-9-10-19-18(13-17)24(20(25)14-27-19)12-4-11-23(2)3/h5-10,13H,4,11-12,14H2,1-3H3,(H,22,26). The average Bonchev–Trinajstić information content (AvgIpc) is 2.64. The number of nitrogens with one attached hydrogen (secondary N) is 1. The summed E-state index contributed by atoms with van der Waals surface area (Å²) in [5.74, 6) is 0.410. The van der Waals surface area contributed by atoms with E-state index in [0.29, 0.717) is 29.2 Å².